The Morgan fingerprint density at radius 3 is 2.29 bits per heavy atom. The largest absolute Gasteiger partial charge is 0.478 e. The number of nitroso groups, excluding NO2 is 1. The second-order valence-electron chi connectivity index (χ2n) is 5.40. The highest BCUT2D eigenvalue weighted by Crippen LogP contribution is 2.25. The quantitative estimate of drug-likeness (QED) is 0.793. The zero-order chi connectivity index (χ0) is 15.5. The molecule has 0 N–H and O–H groups in total. The minimum atomic E-state index is -1.26. The van der Waals surface area contributed by atoms with Gasteiger partial charge < -0.3 is 4.74 Å². The van der Waals surface area contributed by atoms with Gasteiger partial charge >= 0.3 is 5.91 Å². The molecule has 2 rings (SSSR count). The summed E-state index contributed by atoms with van der Waals surface area (Å²) >= 11 is 0. The molecular weight excluding hydrogens is 266 g/mol. The fourth-order valence-corrected chi connectivity index (χ4v) is 1.99. The van der Waals surface area contributed by atoms with Crippen LogP contribution in [0.3, 0.4) is 0 Å². The summed E-state index contributed by atoms with van der Waals surface area (Å²) in [5, 5.41) is 2.42. The number of amides is 1. The number of nitrogens with zero attached hydrogens (tertiary/aromatic N) is 1. The van der Waals surface area contributed by atoms with E-state index in [0.717, 1.165) is 11.1 Å². The summed E-state index contributed by atoms with van der Waals surface area (Å²) in [5.41, 5.74) is 2.11. The fourth-order valence-electron chi connectivity index (χ4n) is 1.99. The van der Waals surface area contributed by atoms with Crippen molar-refractivity contribution in [2.45, 2.75) is 26.4 Å². The van der Waals surface area contributed by atoms with Crippen LogP contribution in [0.4, 0.5) is 0 Å². The minimum Gasteiger partial charge on any atom is -0.478 e. The Morgan fingerprint density at radius 2 is 1.71 bits per heavy atom. The van der Waals surface area contributed by atoms with Crippen molar-refractivity contribution >= 4 is 5.91 Å². The molecule has 0 unspecified atom stereocenters. The predicted octanol–water partition coefficient (Wildman–Crippen LogP) is 4.11. The van der Waals surface area contributed by atoms with Crippen LogP contribution in [-0.4, -0.2) is 11.5 Å². The van der Waals surface area contributed by atoms with E-state index in [4.69, 9.17) is 4.74 Å². The van der Waals surface area contributed by atoms with Crippen LogP contribution in [-0.2, 0) is 4.79 Å². The van der Waals surface area contributed by atoms with Gasteiger partial charge in [0, 0.05) is 5.18 Å². The molecule has 0 aromatic heterocycles. The molecule has 0 radical (unpaired) electrons. The first-order valence-electron chi connectivity index (χ1n) is 6.66. The second kappa shape index (κ2) is 5.87. The summed E-state index contributed by atoms with van der Waals surface area (Å²) < 4.78 is 5.53. The fraction of sp³-hybridized carbons (Fsp3) is 0.235. The summed E-state index contributed by atoms with van der Waals surface area (Å²) in [7, 11) is 0. The van der Waals surface area contributed by atoms with E-state index in [-0.39, 0.29) is 0 Å². The Bertz CT molecular complexity index is 660. The molecule has 0 aliphatic rings. The van der Waals surface area contributed by atoms with Gasteiger partial charge in [-0.15, -0.1) is 4.91 Å². The molecule has 4 heteroatoms. The van der Waals surface area contributed by atoms with E-state index in [2.05, 4.69) is 11.2 Å². The van der Waals surface area contributed by atoms with Gasteiger partial charge in [-0.05, 0) is 44.0 Å². The Balaban J connectivity index is 2.20. The average molecular weight is 283 g/mol. The predicted molar refractivity (Wildman–Crippen MR) is 82.1 cm³/mol. The number of hydrogen-bond donors (Lipinski definition) is 0. The summed E-state index contributed by atoms with van der Waals surface area (Å²) in [4.78, 5) is 21.7. The second-order valence-corrected chi connectivity index (χ2v) is 5.40. The molecule has 0 aliphatic carbocycles. The maximum Gasteiger partial charge on any atom is 0.328 e. The summed E-state index contributed by atoms with van der Waals surface area (Å²) in [6, 6.07) is 15.6. The number of rotatable bonds is 4. The van der Waals surface area contributed by atoms with Crippen LogP contribution in [0.15, 0.2) is 53.7 Å². The van der Waals surface area contributed by atoms with Crippen molar-refractivity contribution in [3.8, 4) is 16.9 Å². The summed E-state index contributed by atoms with van der Waals surface area (Å²) in [6.45, 7) is 5.08. The van der Waals surface area contributed by atoms with E-state index in [1.54, 1.807) is 12.1 Å². The molecule has 2 aromatic rings. The Hall–Kier alpha value is -2.49. The van der Waals surface area contributed by atoms with Crippen LogP contribution in [0, 0.1) is 11.8 Å². The van der Waals surface area contributed by atoms with E-state index in [1.807, 2.05) is 37.3 Å². The summed E-state index contributed by atoms with van der Waals surface area (Å²) in [6.07, 6.45) is 0. The lowest BCUT2D eigenvalue weighted by Crippen LogP contribution is -2.36. The molecule has 4 nitrogen and oxygen atoms in total. The molecule has 0 atom stereocenters. The third-order valence-electron chi connectivity index (χ3n) is 3.18. The molecule has 2 aromatic carbocycles. The number of hydrogen-bond acceptors (Lipinski definition) is 3. The van der Waals surface area contributed by atoms with Gasteiger partial charge in [0.05, 0.1) is 0 Å². The first kappa shape index (κ1) is 14.9. The van der Waals surface area contributed by atoms with E-state index in [1.165, 1.54) is 19.4 Å². The van der Waals surface area contributed by atoms with Crippen LogP contribution in [0.5, 0.6) is 5.75 Å². The van der Waals surface area contributed by atoms with Crippen molar-refractivity contribution in [1.29, 1.82) is 0 Å². The number of carbonyl (C=O) groups excluding carboxylic acids is 1. The SMILES string of the molecule is Cc1cccc(-c2ccc(OC(C)(C)C(=O)N=O)cc2)c1. The standard InChI is InChI=1S/C17H17NO3/c1-12-5-4-6-14(11-12)13-7-9-15(10-8-13)21-17(2,3)16(19)18-20/h4-11H,1-3H3. The molecule has 21 heavy (non-hydrogen) atoms. The lowest BCUT2D eigenvalue weighted by Gasteiger charge is -2.21. The van der Waals surface area contributed by atoms with E-state index < -0.39 is 11.5 Å². The van der Waals surface area contributed by atoms with Gasteiger partial charge in [0.2, 0.25) is 0 Å². The van der Waals surface area contributed by atoms with Crippen molar-refractivity contribution in [2.24, 2.45) is 5.18 Å². The maximum atomic E-state index is 11.4. The Labute approximate surface area is 123 Å². The average Bonchev–Trinajstić information content (AvgIpc) is 2.46. The molecule has 0 saturated carbocycles. The topological polar surface area (TPSA) is 55.7 Å². The zero-order valence-electron chi connectivity index (χ0n) is 12.3. The monoisotopic (exact) mass is 283 g/mol. The van der Waals surface area contributed by atoms with Crippen LogP contribution in [0.1, 0.15) is 19.4 Å². The minimum absolute atomic E-state index is 0.522. The van der Waals surface area contributed by atoms with Gasteiger partial charge in [-0.2, -0.15) is 0 Å². The van der Waals surface area contributed by atoms with Crippen molar-refractivity contribution in [3.63, 3.8) is 0 Å². The summed E-state index contributed by atoms with van der Waals surface area (Å²) in [5.74, 6) is -0.307. The van der Waals surface area contributed by atoms with Gasteiger partial charge in [0.15, 0.2) is 5.60 Å². The number of ether oxygens (including phenoxy) is 1. The lowest BCUT2D eigenvalue weighted by molar-refractivity contribution is -0.130. The third kappa shape index (κ3) is 3.54. The van der Waals surface area contributed by atoms with Crippen LogP contribution < -0.4 is 4.74 Å². The highest BCUT2D eigenvalue weighted by molar-refractivity contribution is 5.85. The maximum absolute atomic E-state index is 11.4. The molecule has 0 bridgehead atoms. The Kier molecular flexibility index (Phi) is 4.17. The van der Waals surface area contributed by atoms with E-state index in [0.29, 0.717) is 5.75 Å². The molecule has 1 amide bonds. The van der Waals surface area contributed by atoms with Gasteiger partial charge in [0.25, 0.3) is 0 Å². The third-order valence-corrected chi connectivity index (χ3v) is 3.18. The van der Waals surface area contributed by atoms with Crippen LogP contribution in [0.25, 0.3) is 11.1 Å². The number of aryl methyl sites for hydroxylation is 1. The molecule has 0 aliphatic heterocycles. The van der Waals surface area contributed by atoms with Crippen molar-refractivity contribution < 1.29 is 9.53 Å². The molecule has 0 heterocycles. The smallest absolute Gasteiger partial charge is 0.328 e. The van der Waals surface area contributed by atoms with Gasteiger partial charge in [-0.3, -0.25) is 4.79 Å². The van der Waals surface area contributed by atoms with Gasteiger partial charge in [-0.25, -0.2) is 0 Å². The molecule has 108 valence electrons. The highest BCUT2D eigenvalue weighted by atomic mass is 16.5. The van der Waals surface area contributed by atoms with Crippen molar-refractivity contribution in [3.05, 3.63) is 59.0 Å². The van der Waals surface area contributed by atoms with Crippen LogP contribution >= 0.6 is 0 Å². The first-order valence-corrected chi connectivity index (χ1v) is 6.66. The Morgan fingerprint density at radius 1 is 1.05 bits per heavy atom. The van der Waals surface area contributed by atoms with Crippen molar-refractivity contribution in [1.82, 2.24) is 0 Å². The van der Waals surface area contributed by atoms with Crippen molar-refractivity contribution in [2.75, 3.05) is 0 Å². The molecular formula is C17H17NO3. The highest BCUT2D eigenvalue weighted by Gasteiger charge is 2.30. The zero-order valence-corrected chi connectivity index (χ0v) is 12.3. The molecule has 0 saturated heterocycles. The van der Waals surface area contributed by atoms with Gasteiger partial charge in [0.1, 0.15) is 5.75 Å². The van der Waals surface area contributed by atoms with Crippen LogP contribution in [0.2, 0.25) is 0 Å². The molecule has 0 fully saturated rings. The lowest BCUT2D eigenvalue weighted by atomic mass is 10.0. The molecule has 0 spiro atoms. The normalized spacial score (nSPS) is 11.0. The first-order chi connectivity index (χ1) is 9.92. The van der Waals surface area contributed by atoms with E-state index in [9.17, 15) is 9.70 Å². The number of benzene rings is 2. The van der Waals surface area contributed by atoms with E-state index >= 15 is 0 Å². The number of carbonyl (C=O) groups is 1. The van der Waals surface area contributed by atoms with Gasteiger partial charge in [-0.1, -0.05) is 42.0 Å².